The second-order valence-electron chi connectivity index (χ2n) is 9.53. The molecular weight excluding hydrogens is 452 g/mol. The second kappa shape index (κ2) is 9.96. The van der Waals surface area contributed by atoms with Gasteiger partial charge in [-0.3, -0.25) is 14.7 Å². The lowest BCUT2D eigenvalue weighted by Crippen LogP contribution is -2.52. The van der Waals surface area contributed by atoms with E-state index in [0.717, 1.165) is 22.0 Å². The van der Waals surface area contributed by atoms with Crippen LogP contribution in [0.15, 0.2) is 133 Å². The summed E-state index contributed by atoms with van der Waals surface area (Å²) < 4.78 is 0. The van der Waals surface area contributed by atoms with Crippen molar-refractivity contribution in [3.63, 3.8) is 0 Å². The average Bonchev–Trinajstić information content (AvgIpc) is 2.97. The molecule has 0 N–H and O–H groups in total. The van der Waals surface area contributed by atoms with Crippen LogP contribution in [0.3, 0.4) is 0 Å². The van der Waals surface area contributed by atoms with Crippen molar-refractivity contribution in [3.05, 3.63) is 155 Å². The first kappa shape index (κ1) is 23.1. The minimum Gasteiger partial charge on any atom is -0.294 e. The van der Waals surface area contributed by atoms with Crippen LogP contribution < -0.4 is 0 Å². The summed E-state index contributed by atoms with van der Waals surface area (Å²) >= 11 is 0. The van der Waals surface area contributed by atoms with Crippen LogP contribution in [0.4, 0.5) is 0 Å². The maximum Gasteiger partial charge on any atom is 0.161 e. The quantitative estimate of drug-likeness (QED) is 0.203. The van der Waals surface area contributed by atoms with E-state index in [1.165, 1.54) is 16.7 Å². The van der Waals surface area contributed by atoms with Gasteiger partial charge in [-0.1, -0.05) is 109 Å². The predicted octanol–water partition coefficient (Wildman–Crippen LogP) is 6.89. The number of piperidine rings is 1. The topological polar surface area (TPSA) is 33.2 Å². The normalized spacial score (nSPS) is 15.8. The summed E-state index contributed by atoms with van der Waals surface area (Å²) in [6.45, 7) is 1.22. The molecule has 3 heteroatoms. The van der Waals surface area contributed by atoms with E-state index in [4.69, 9.17) is 0 Å². The fraction of sp³-hybridized carbons (Fsp3) is 0.118. The van der Waals surface area contributed by atoms with E-state index in [-0.39, 0.29) is 5.78 Å². The van der Waals surface area contributed by atoms with E-state index in [1.54, 1.807) is 0 Å². The van der Waals surface area contributed by atoms with Crippen molar-refractivity contribution >= 4 is 22.8 Å². The molecule has 6 rings (SSSR count). The molecule has 1 aliphatic rings. The number of hydrogen-bond acceptors (Lipinski definition) is 3. The third kappa shape index (κ3) is 4.28. The molecule has 0 saturated carbocycles. The first-order valence-electron chi connectivity index (χ1n) is 12.8. The van der Waals surface area contributed by atoms with Crippen LogP contribution in [0.5, 0.6) is 0 Å². The van der Waals surface area contributed by atoms with Crippen molar-refractivity contribution in [2.24, 2.45) is 0 Å². The lowest BCUT2D eigenvalue weighted by molar-refractivity contribution is -0.117. The predicted molar refractivity (Wildman–Crippen MR) is 150 cm³/mol. The van der Waals surface area contributed by atoms with E-state index in [9.17, 15) is 4.79 Å². The minimum atomic E-state index is -0.537. The van der Waals surface area contributed by atoms with Gasteiger partial charge >= 0.3 is 0 Å². The highest BCUT2D eigenvalue weighted by atomic mass is 16.1. The monoisotopic (exact) mass is 480 g/mol. The molecule has 37 heavy (non-hydrogen) atoms. The van der Waals surface area contributed by atoms with Crippen LogP contribution in [0.25, 0.3) is 17.0 Å². The van der Waals surface area contributed by atoms with E-state index < -0.39 is 5.54 Å². The van der Waals surface area contributed by atoms with Crippen molar-refractivity contribution in [1.82, 2.24) is 9.88 Å². The Bertz CT molecular complexity index is 1460. The molecule has 0 spiro atoms. The number of aromatic nitrogens is 1. The Morgan fingerprint density at radius 3 is 1.84 bits per heavy atom. The zero-order chi connectivity index (χ0) is 25.1. The Labute approximate surface area is 217 Å². The summed E-state index contributed by atoms with van der Waals surface area (Å²) in [5.74, 6) is 0.201. The summed E-state index contributed by atoms with van der Waals surface area (Å²) in [5, 5.41) is 1.07. The van der Waals surface area contributed by atoms with E-state index in [2.05, 4.69) is 113 Å². The molecule has 5 aromatic rings. The number of nitrogens with zero attached hydrogens (tertiary/aromatic N) is 2. The Hall–Kier alpha value is -4.34. The van der Waals surface area contributed by atoms with E-state index in [0.29, 0.717) is 19.5 Å². The summed E-state index contributed by atoms with van der Waals surface area (Å²) in [6.07, 6.45) is 4.36. The third-order valence-electron chi connectivity index (χ3n) is 7.33. The van der Waals surface area contributed by atoms with Crippen LogP contribution in [-0.2, 0) is 10.3 Å². The molecule has 0 atom stereocenters. The van der Waals surface area contributed by atoms with Crippen LogP contribution in [-0.4, -0.2) is 28.8 Å². The number of fused-ring (bicyclic) bond motifs is 1. The molecule has 2 heterocycles. The van der Waals surface area contributed by atoms with Gasteiger partial charge in [0.15, 0.2) is 5.78 Å². The number of ketones is 1. The number of benzene rings is 4. The zero-order valence-corrected chi connectivity index (χ0v) is 20.6. The molecule has 1 fully saturated rings. The van der Waals surface area contributed by atoms with Gasteiger partial charge in [-0.05, 0) is 40.5 Å². The van der Waals surface area contributed by atoms with Crippen LogP contribution >= 0.6 is 0 Å². The number of rotatable bonds is 5. The van der Waals surface area contributed by atoms with Crippen LogP contribution in [0, 0.1) is 0 Å². The molecule has 0 aliphatic carbocycles. The first-order chi connectivity index (χ1) is 18.2. The van der Waals surface area contributed by atoms with Crippen LogP contribution in [0.2, 0.25) is 0 Å². The van der Waals surface area contributed by atoms with Crippen molar-refractivity contribution in [1.29, 1.82) is 0 Å². The van der Waals surface area contributed by atoms with Gasteiger partial charge in [-0.15, -0.1) is 0 Å². The van der Waals surface area contributed by atoms with E-state index >= 15 is 0 Å². The second-order valence-corrected chi connectivity index (χ2v) is 9.53. The van der Waals surface area contributed by atoms with E-state index in [1.807, 2.05) is 30.5 Å². The number of para-hydroxylation sites is 1. The minimum absolute atomic E-state index is 0.201. The van der Waals surface area contributed by atoms with Crippen molar-refractivity contribution in [2.45, 2.75) is 12.0 Å². The summed E-state index contributed by atoms with van der Waals surface area (Å²) in [7, 11) is 0. The molecule has 0 unspecified atom stereocenters. The smallest absolute Gasteiger partial charge is 0.161 e. The Morgan fingerprint density at radius 2 is 1.24 bits per heavy atom. The summed E-state index contributed by atoms with van der Waals surface area (Å²) in [6, 6.07) is 42.2. The fourth-order valence-corrected chi connectivity index (χ4v) is 5.64. The highest BCUT2D eigenvalue weighted by Gasteiger charge is 2.44. The largest absolute Gasteiger partial charge is 0.294 e. The molecule has 4 aromatic carbocycles. The lowest BCUT2D eigenvalue weighted by atomic mass is 9.74. The first-order valence-corrected chi connectivity index (χ1v) is 12.8. The maximum atomic E-state index is 13.2. The molecule has 0 radical (unpaired) electrons. The van der Waals surface area contributed by atoms with Gasteiger partial charge in [0, 0.05) is 36.7 Å². The van der Waals surface area contributed by atoms with Gasteiger partial charge in [0.25, 0.3) is 0 Å². The summed E-state index contributed by atoms with van der Waals surface area (Å²) in [4.78, 5) is 20.3. The SMILES string of the molecule is O=C1CCN(C(c2ccccc2)(c2ccccc2)c2ccccc2)C/C1=C\c1cnc2ccccc2c1. The number of hydrogen-bond donors (Lipinski definition) is 0. The lowest BCUT2D eigenvalue weighted by Gasteiger charge is -2.47. The number of pyridine rings is 1. The highest BCUT2D eigenvalue weighted by Crippen LogP contribution is 2.44. The number of likely N-dealkylation sites (tertiary alicyclic amines) is 1. The zero-order valence-electron chi connectivity index (χ0n) is 20.6. The van der Waals surface area contributed by atoms with Gasteiger partial charge in [0.2, 0.25) is 0 Å². The van der Waals surface area contributed by atoms with Gasteiger partial charge in [0.1, 0.15) is 0 Å². The molecule has 1 aliphatic heterocycles. The molecule has 180 valence electrons. The Morgan fingerprint density at radius 1 is 0.703 bits per heavy atom. The molecule has 0 amide bonds. The average molecular weight is 481 g/mol. The van der Waals surface area contributed by atoms with Crippen LogP contribution in [0.1, 0.15) is 28.7 Å². The molecular formula is C34H28N2O. The molecule has 0 bridgehead atoms. The standard InChI is InChI=1S/C34H28N2O/c37-33-20-21-36(25-28(33)23-26-22-27-12-10-11-19-32(27)35-24-26)34(29-13-4-1-5-14-29,30-15-6-2-7-16-30)31-17-8-3-9-18-31/h1-19,22-24H,20-21,25H2/b28-23+. The molecule has 1 aromatic heterocycles. The van der Waals surface area contributed by atoms with Gasteiger partial charge < -0.3 is 0 Å². The molecule has 3 nitrogen and oxygen atoms in total. The third-order valence-corrected chi connectivity index (χ3v) is 7.33. The number of carbonyl (C=O) groups excluding carboxylic acids is 1. The van der Waals surface area contributed by atoms with Gasteiger partial charge in [-0.2, -0.15) is 0 Å². The number of carbonyl (C=O) groups is 1. The fourth-order valence-electron chi connectivity index (χ4n) is 5.64. The van der Waals surface area contributed by atoms with Gasteiger partial charge in [0.05, 0.1) is 11.1 Å². The van der Waals surface area contributed by atoms with Gasteiger partial charge in [-0.25, -0.2) is 0 Å². The molecule has 1 saturated heterocycles. The maximum absolute atomic E-state index is 13.2. The Kier molecular flexibility index (Phi) is 6.21. The van der Waals surface area contributed by atoms with Crippen molar-refractivity contribution in [3.8, 4) is 0 Å². The highest BCUT2D eigenvalue weighted by molar-refractivity contribution is 6.01. The van der Waals surface area contributed by atoms with Crippen molar-refractivity contribution in [2.75, 3.05) is 13.1 Å². The number of Topliss-reactive ketones (excluding diaryl/α,β-unsaturated/α-hetero) is 1. The summed E-state index contributed by atoms with van der Waals surface area (Å²) in [5.41, 5.74) is 5.75. The van der Waals surface area contributed by atoms with Crippen molar-refractivity contribution < 1.29 is 4.79 Å². The Balaban J connectivity index is 1.51.